The summed E-state index contributed by atoms with van der Waals surface area (Å²) in [4.78, 5) is 18.6. The second kappa shape index (κ2) is 4.70. The maximum atomic E-state index is 12.3. The van der Waals surface area contributed by atoms with Crippen LogP contribution in [0.15, 0.2) is 17.2 Å². The van der Waals surface area contributed by atoms with Crippen molar-refractivity contribution in [3.8, 4) is 0 Å². The van der Waals surface area contributed by atoms with Crippen molar-refractivity contribution in [1.82, 2.24) is 9.55 Å². The van der Waals surface area contributed by atoms with Crippen molar-refractivity contribution in [1.29, 1.82) is 0 Å². The van der Waals surface area contributed by atoms with Gasteiger partial charge in [-0.15, -0.1) is 0 Å². The lowest BCUT2D eigenvalue weighted by Gasteiger charge is -2.32. The predicted molar refractivity (Wildman–Crippen MR) is 67.8 cm³/mol. The van der Waals surface area contributed by atoms with Gasteiger partial charge in [-0.25, -0.2) is 4.98 Å². The van der Waals surface area contributed by atoms with E-state index >= 15 is 0 Å². The van der Waals surface area contributed by atoms with Crippen molar-refractivity contribution >= 4 is 5.82 Å². The SMILES string of the molecule is NCC1CN(c2nccn(C3CC3)c2=O)CCO1. The molecule has 98 valence electrons. The molecule has 1 aromatic rings. The topological polar surface area (TPSA) is 73.4 Å². The Morgan fingerprint density at radius 2 is 2.33 bits per heavy atom. The molecular formula is C12H18N4O2. The van der Waals surface area contributed by atoms with E-state index in [1.165, 1.54) is 0 Å². The van der Waals surface area contributed by atoms with Gasteiger partial charge in [0, 0.05) is 38.1 Å². The fourth-order valence-corrected chi connectivity index (χ4v) is 2.33. The van der Waals surface area contributed by atoms with Gasteiger partial charge in [0.1, 0.15) is 0 Å². The zero-order chi connectivity index (χ0) is 12.5. The Bertz CT molecular complexity index is 483. The lowest BCUT2D eigenvalue weighted by Crippen LogP contribution is -2.48. The Kier molecular flexibility index (Phi) is 3.05. The van der Waals surface area contributed by atoms with E-state index in [2.05, 4.69) is 4.98 Å². The van der Waals surface area contributed by atoms with Gasteiger partial charge in [0.25, 0.3) is 5.56 Å². The summed E-state index contributed by atoms with van der Waals surface area (Å²) < 4.78 is 7.31. The van der Waals surface area contributed by atoms with Crippen LogP contribution in [0.4, 0.5) is 5.82 Å². The van der Waals surface area contributed by atoms with Gasteiger partial charge in [0.15, 0.2) is 5.82 Å². The molecule has 0 spiro atoms. The summed E-state index contributed by atoms with van der Waals surface area (Å²) in [5, 5.41) is 0. The third kappa shape index (κ3) is 2.13. The molecule has 0 amide bonds. The summed E-state index contributed by atoms with van der Waals surface area (Å²) in [5.41, 5.74) is 5.63. The van der Waals surface area contributed by atoms with Crippen LogP contribution in [0.2, 0.25) is 0 Å². The molecule has 18 heavy (non-hydrogen) atoms. The number of nitrogens with two attached hydrogens (primary N) is 1. The van der Waals surface area contributed by atoms with Crippen molar-refractivity contribution < 1.29 is 4.74 Å². The van der Waals surface area contributed by atoms with E-state index in [1.807, 2.05) is 4.90 Å². The molecule has 0 aromatic carbocycles. The smallest absolute Gasteiger partial charge is 0.293 e. The normalized spacial score (nSPS) is 24.3. The molecule has 3 rings (SSSR count). The first kappa shape index (κ1) is 11.7. The van der Waals surface area contributed by atoms with Crippen LogP contribution < -0.4 is 16.2 Å². The molecule has 1 saturated heterocycles. The second-order valence-corrected chi connectivity index (χ2v) is 4.87. The van der Waals surface area contributed by atoms with Gasteiger partial charge < -0.3 is 19.9 Å². The Morgan fingerprint density at radius 1 is 1.50 bits per heavy atom. The van der Waals surface area contributed by atoms with Gasteiger partial charge in [-0.05, 0) is 12.8 Å². The number of rotatable bonds is 3. The minimum Gasteiger partial charge on any atom is -0.373 e. The molecule has 6 heteroatoms. The summed E-state index contributed by atoms with van der Waals surface area (Å²) in [5.74, 6) is 0.533. The van der Waals surface area contributed by atoms with Gasteiger partial charge >= 0.3 is 0 Å². The third-order valence-corrected chi connectivity index (χ3v) is 3.49. The average molecular weight is 250 g/mol. The lowest BCUT2D eigenvalue weighted by molar-refractivity contribution is 0.0461. The van der Waals surface area contributed by atoms with Crippen LogP contribution in [-0.4, -0.2) is 41.9 Å². The first-order valence-corrected chi connectivity index (χ1v) is 6.43. The molecule has 2 heterocycles. The second-order valence-electron chi connectivity index (χ2n) is 4.87. The van der Waals surface area contributed by atoms with E-state index < -0.39 is 0 Å². The lowest BCUT2D eigenvalue weighted by atomic mass is 10.2. The zero-order valence-corrected chi connectivity index (χ0v) is 10.3. The van der Waals surface area contributed by atoms with Crippen molar-refractivity contribution in [3.05, 3.63) is 22.7 Å². The molecule has 1 unspecified atom stereocenters. The summed E-state index contributed by atoms with van der Waals surface area (Å²) in [7, 11) is 0. The molecule has 1 aliphatic heterocycles. The number of nitrogens with zero attached hydrogens (tertiary/aromatic N) is 3. The van der Waals surface area contributed by atoms with E-state index in [4.69, 9.17) is 10.5 Å². The van der Waals surface area contributed by atoms with E-state index in [1.54, 1.807) is 17.0 Å². The molecule has 0 radical (unpaired) electrons. The average Bonchev–Trinajstić information content (AvgIpc) is 3.23. The van der Waals surface area contributed by atoms with Gasteiger partial charge in [0.05, 0.1) is 12.7 Å². The maximum absolute atomic E-state index is 12.3. The highest BCUT2D eigenvalue weighted by molar-refractivity contribution is 5.36. The highest BCUT2D eigenvalue weighted by atomic mass is 16.5. The standard InChI is InChI=1S/C12H18N4O2/c13-7-10-8-15(5-6-18-10)11-12(17)16(4-3-14-11)9-1-2-9/h3-4,9-10H,1-2,5-8,13H2. The predicted octanol–water partition coefficient (Wildman–Crippen LogP) is -0.258. The van der Waals surface area contributed by atoms with E-state index in [0.717, 1.165) is 12.8 Å². The molecule has 0 bridgehead atoms. The van der Waals surface area contributed by atoms with Gasteiger partial charge in [0.2, 0.25) is 0 Å². The van der Waals surface area contributed by atoms with Crippen molar-refractivity contribution in [2.24, 2.45) is 5.73 Å². The van der Waals surface area contributed by atoms with Gasteiger partial charge in [-0.1, -0.05) is 0 Å². The van der Waals surface area contributed by atoms with Crippen LogP contribution in [-0.2, 0) is 4.74 Å². The van der Waals surface area contributed by atoms with Crippen LogP contribution in [0.1, 0.15) is 18.9 Å². The number of hydrogen-bond donors (Lipinski definition) is 1. The first-order valence-electron chi connectivity index (χ1n) is 6.43. The molecule has 6 nitrogen and oxygen atoms in total. The molecule has 1 aliphatic carbocycles. The highest BCUT2D eigenvalue weighted by Gasteiger charge is 2.28. The fraction of sp³-hybridized carbons (Fsp3) is 0.667. The number of morpholine rings is 1. The van der Waals surface area contributed by atoms with Crippen LogP contribution in [0.3, 0.4) is 0 Å². The number of aromatic nitrogens is 2. The molecule has 1 saturated carbocycles. The zero-order valence-electron chi connectivity index (χ0n) is 10.3. The fourth-order valence-electron chi connectivity index (χ4n) is 2.33. The minimum absolute atomic E-state index is 0.00506. The molecule has 1 atom stereocenters. The number of ether oxygens (including phenoxy) is 1. The Hall–Kier alpha value is -1.40. The monoisotopic (exact) mass is 250 g/mol. The van der Waals surface area contributed by atoms with Crippen molar-refractivity contribution in [2.75, 3.05) is 31.1 Å². The van der Waals surface area contributed by atoms with Crippen LogP contribution in [0.5, 0.6) is 0 Å². The summed E-state index contributed by atoms with van der Waals surface area (Å²) in [6.07, 6.45) is 5.68. The molecular weight excluding hydrogens is 232 g/mol. The van der Waals surface area contributed by atoms with E-state index in [9.17, 15) is 4.79 Å². The third-order valence-electron chi connectivity index (χ3n) is 3.49. The maximum Gasteiger partial charge on any atom is 0.293 e. The molecule has 2 fully saturated rings. The summed E-state index contributed by atoms with van der Waals surface area (Å²) in [6.45, 7) is 2.42. The quantitative estimate of drug-likeness (QED) is 0.800. The summed E-state index contributed by atoms with van der Waals surface area (Å²) in [6, 6.07) is 0.380. The first-order chi connectivity index (χ1) is 8.79. The van der Waals surface area contributed by atoms with E-state index in [-0.39, 0.29) is 11.7 Å². The van der Waals surface area contributed by atoms with Gasteiger partial charge in [-0.2, -0.15) is 0 Å². The van der Waals surface area contributed by atoms with Crippen LogP contribution >= 0.6 is 0 Å². The Morgan fingerprint density at radius 3 is 3.06 bits per heavy atom. The van der Waals surface area contributed by atoms with Crippen LogP contribution in [0.25, 0.3) is 0 Å². The van der Waals surface area contributed by atoms with Gasteiger partial charge in [-0.3, -0.25) is 4.79 Å². The molecule has 1 aromatic heterocycles. The summed E-state index contributed by atoms with van der Waals surface area (Å²) >= 11 is 0. The Balaban J connectivity index is 1.87. The van der Waals surface area contributed by atoms with Crippen LogP contribution in [0, 0.1) is 0 Å². The Labute approximate surface area is 105 Å². The highest BCUT2D eigenvalue weighted by Crippen LogP contribution is 2.33. The largest absolute Gasteiger partial charge is 0.373 e. The molecule has 2 N–H and O–H groups in total. The van der Waals surface area contributed by atoms with Crippen molar-refractivity contribution in [2.45, 2.75) is 25.0 Å². The number of anilines is 1. The molecule has 2 aliphatic rings. The minimum atomic E-state index is -0.00506. The van der Waals surface area contributed by atoms with Crippen molar-refractivity contribution in [3.63, 3.8) is 0 Å². The van der Waals surface area contributed by atoms with E-state index in [0.29, 0.717) is 38.1 Å². The number of hydrogen-bond acceptors (Lipinski definition) is 5.